The fourth-order valence-corrected chi connectivity index (χ4v) is 1.84. The summed E-state index contributed by atoms with van der Waals surface area (Å²) < 4.78 is 36.9. The monoisotopic (exact) mass is 323 g/mol. The predicted molar refractivity (Wildman–Crippen MR) is 66.7 cm³/mol. The van der Waals surface area contributed by atoms with Crippen LogP contribution in [0.4, 0.5) is 13.2 Å². The first kappa shape index (κ1) is 15.0. The minimum atomic E-state index is -4.37. The second kappa shape index (κ2) is 6.22. The van der Waals surface area contributed by atoms with E-state index < -0.39 is 18.6 Å². The van der Waals surface area contributed by atoms with E-state index in [2.05, 4.69) is 15.9 Å². The third kappa shape index (κ3) is 4.33. The molecule has 100 valence electrons. The standard InChI is InChI=1S/C12H13BrF3NO/c1-2-17(8-12(14,15)16)11(18)10-5-3-9(7-13)4-6-10/h3-6H,2,7-8H2,1H3. The van der Waals surface area contributed by atoms with Gasteiger partial charge in [0.1, 0.15) is 6.54 Å². The van der Waals surface area contributed by atoms with Gasteiger partial charge in [-0.15, -0.1) is 0 Å². The quantitative estimate of drug-likeness (QED) is 0.775. The highest BCUT2D eigenvalue weighted by Gasteiger charge is 2.32. The lowest BCUT2D eigenvalue weighted by molar-refractivity contribution is -0.140. The summed E-state index contributed by atoms with van der Waals surface area (Å²) in [6.07, 6.45) is -4.37. The van der Waals surface area contributed by atoms with Gasteiger partial charge in [-0.25, -0.2) is 0 Å². The minimum Gasteiger partial charge on any atom is -0.330 e. The van der Waals surface area contributed by atoms with Crippen LogP contribution >= 0.6 is 15.9 Å². The molecule has 0 atom stereocenters. The van der Waals surface area contributed by atoms with Gasteiger partial charge in [0.25, 0.3) is 5.91 Å². The highest BCUT2D eigenvalue weighted by molar-refractivity contribution is 9.08. The van der Waals surface area contributed by atoms with Crippen molar-refractivity contribution in [3.63, 3.8) is 0 Å². The van der Waals surface area contributed by atoms with Gasteiger partial charge in [-0.05, 0) is 24.6 Å². The highest BCUT2D eigenvalue weighted by atomic mass is 79.9. The van der Waals surface area contributed by atoms with Crippen molar-refractivity contribution in [2.45, 2.75) is 18.4 Å². The van der Waals surface area contributed by atoms with Gasteiger partial charge in [0.05, 0.1) is 0 Å². The first-order chi connectivity index (χ1) is 8.37. The normalized spacial score (nSPS) is 11.4. The van der Waals surface area contributed by atoms with Crippen LogP contribution in [0.3, 0.4) is 0 Å². The number of carbonyl (C=O) groups excluding carboxylic acids is 1. The Hall–Kier alpha value is -1.04. The smallest absolute Gasteiger partial charge is 0.330 e. The van der Waals surface area contributed by atoms with E-state index in [0.717, 1.165) is 10.5 Å². The number of amides is 1. The average Bonchev–Trinajstić information content (AvgIpc) is 2.34. The van der Waals surface area contributed by atoms with Gasteiger partial charge < -0.3 is 4.90 Å². The van der Waals surface area contributed by atoms with Gasteiger partial charge in [-0.2, -0.15) is 13.2 Å². The Morgan fingerprint density at radius 3 is 2.22 bits per heavy atom. The van der Waals surface area contributed by atoms with E-state index in [1.54, 1.807) is 12.1 Å². The zero-order valence-electron chi connectivity index (χ0n) is 9.80. The second-order valence-electron chi connectivity index (χ2n) is 3.77. The molecule has 0 heterocycles. The summed E-state index contributed by atoms with van der Waals surface area (Å²) in [7, 11) is 0. The number of nitrogens with zero attached hydrogens (tertiary/aromatic N) is 1. The van der Waals surface area contributed by atoms with Crippen LogP contribution in [-0.4, -0.2) is 30.1 Å². The zero-order valence-corrected chi connectivity index (χ0v) is 11.4. The van der Waals surface area contributed by atoms with E-state index in [-0.39, 0.29) is 12.1 Å². The highest BCUT2D eigenvalue weighted by Crippen LogP contribution is 2.18. The zero-order chi connectivity index (χ0) is 13.8. The fourth-order valence-electron chi connectivity index (χ4n) is 1.46. The van der Waals surface area contributed by atoms with Gasteiger partial charge in [-0.3, -0.25) is 4.79 Å². The van der Waals surface area contributed by atoms with E-state index in [4.69, 9.17) is 0 Å². The van der Waals surface area contributed by atoms with Crippen LogP contribution in [-0.2, 0) is 5.33 Å². The molecule has 1 rings (SSSR count). The summed E-state index contributed by atoms with van der Waals surface area (Å²) in [4.78, 5) is 12.6. The number of rotatable bonds is 4. The molecule has 0 aliphatic heterocycles. The van der Waals surface area contributed by atoms with Crippen LogP contribution in [0.5, 0.6) is 0 Å². The number of halogens is 4. The lowest BCUT2D eigenvalue weighted by atomic mass is 10.1. The Balaban J connectivity index is 2.82. The molecular weight excluding hydrogens is 311 g/mol. The molecule has 0 bridgehead atoms. The maximum atomic E-state index is 12.3. The molecule has 0 aromatic heterocycles. The van der Waals surface area contributed by atoms with E-state index in [0.29, 0.717) is 5.33 Å². The van der Waals surface area contributed by atoms with Gasteiger partial charge in [0, 0.05) is 17.4 Å². The number of carbonyl (C=O) groups is 1. The van der Waals surface area contributed by atoms with Crippen molar-refractivity contribution >= 4 is 21.8 Å². The summed E-state index contributed by atoms with van der Waals surface area (Å²) in [6, 6.07) is 6.50. The van der Waals surface area contributed by atoms with Crippen LogP contribution in [0.2, 0.25) is 0 Å². The van der Waals surface area contributed by atoms with Gasteiger partial charge in [0.15, 0.2) is 0 Å². The molecule has 1 amide bonds. The molecule has 0 N–H and O–H groups in total. The third-order valence-corrected chi connectivity index (χ3v) is 3.04. The second-order valence-corrected chi connectivity index (χ2v) is 4.33. The molecule has 0 aliphatic rings. The topological polar surface area (TPSA) is 20.3 Å². The lowest BCUT2D eigenvalue weighted by Crippen LogP contribution is -2.38. The summed E-state index contributed by atoms with van der Waals surface area (Å²) >= 11 is 3.26. The van der Waals surface area contributed by atoms with Crippen molar-refractivity contribution in [1.29, 1.82) is 0 Å². The molecular formula is C12H13BrF3NO. The van der Waals surface area contributed by atoms with Crippen molar-refractivity contribution in [3.8, 4) is 0 Å². The van der Waals surface area contributed by atoms with Gasteiger partial charge in [0.2, 0.25) is 0 Å². The van der Waals surface area contributed by atoms with Crippen molar-refractivity contribution in [2.24, 2.45) is 0 Å². The van der Waals surface area contributed by atoms with Crippen molar-refractivity contribution < 1.29 is 18.0 Å². The Morgan fingerprint density at radius 2 is 1.83 bits per heavy atom. The minimum absolute atomic E-state index is 0.0263. The predicted octanol–water partition coefficient (Wildman–Crippen LogP) is 3.61. The van der Waals surface area contributed by atoms with Crippen molar-refractivity contribution in [2.75, 3.05) is 13.1 Å². The van der Waals surface area contributed by atoms with E-state index in [9.17, 15) is 18.0 Å². The number of benzene rings is 1. The van der Waals surface area contributed by atoms with Crippen LogP contribution in [0.15, 0.2) is 24.3 Å². The van der Waals surface area contributed by atoms with E-state index in [1.165, 1.54) is 19.1 Å². The van der Waals surface area contributed by atoms with Crippen molar-refractivity contribution in [1.82, 2.24) is 4.90 Å². The Labute approximate surface area is 112 Å². The fraction of sp³-hybridized carbons (Fsp3) is 0.417. The Bertz CT molecular complexity index is 403. The molecule has 0 spiro atoms. The van der Waals surface area contributed by atoms with Gasteiger partial charge in [-0.1, -0.05) is 28.1 Å². The average molecular weight is 324 g/mol. The molecule has 0 fully saturated rings. The molecule has 1 aromatic carbocycles. The summed E-state index contributed by atoms with van der Waals surface area (Å²) in [6.45, 7) is 0.331. The van der Waals surface area contributed by atoms with Crippen molar-refractivity contribution in [3.05, 3.63) is 35.4 Å². The summed E-state index contributed by atoms with van der Waals surface area (Å²) in [5, 5.41) is 0.640. The van der Waals surface area contributed by atoms with E-state index >= 15 is 0 Å². The Morgan fingerprint density at radius 1 is 1.28 bits per heavy atom. The van der Waals surface area contributed by atoms with Crippen LogP contribution in [0.25, 0.3) is 0 Å². The lowest BCUT2D eigenvalue weighted by Gasteiger charge is -2.22. The molecule has 0 saturated heterocycles. The summed E-state index contributed by atoms with van der Waals surface area (Å²) in [5.74, 6) is -0.601. The first-order valence-electron chi connectivity index (χ1n) is 5.38. The summed E-state index contributed by atoms with van der Waals surface area (Å²) in [5.41, 5.74) is 1.23. The molecule has 0 unspecified atom stereocenters. The first-order valence-corrected chi connectivity index (χ1v) is 6.50. The largest absolute Gasteiger partial charge is 0.406 e. The Kier molecular flexibility index (Phi) is 5.19. The number of hydrogen-bond acceptors (Lipinski definition) is 1. The van der Waals surface area contributed by atoms with Gasteiger partial charge >= 0.3 is 6.18 Å². The molecule has 2 nitrogen and oxygen atoms in total. The molecule has 0 aliphatic carbocycles. The SMILES string of the molecule is CCN(CC(F)(F)F)C(=O)c1ccc(CBr)cc1. The van der Waals surface area contributed by atoms with E-state index in [1.807, 2.05) is 0 Å². The van der Waals surface area contributed by atoms with Crippen LogP contribution in [0.1, 0.15) is 22.8 Å². The molecule has 0 radical (unpaired) electrons. The van der Waals surface area contributed by atoms with Crippen LogP contribution in [0, 0.1) is 0 Å². The maximum absolute atomic E-state index is 12.3. The molecule has 6 heteroatoms. The van der Waals surface area contributed by atoms with Crippen LogP contribution < -0.4 is 0 Å². The number of alkyl halides is 4. The molecule has 0 saturated carbocycles. The third-order valence-electron chi connectivity index (χ3n) is 2.39. The maximum Gasteiger partial charge on any atom is 0.406 e. The number of hydrogen-bond donors (Lipinski definition) is 0. The molecule has 1 aromatic rings. The molecule has 18 heavy (non-hydrogen) atoms.